The van der Waals surface area contributed by atoms with Crippen LogP contribution in [0.25, 0.3) is 0 Å². The Morgan fingerprint density at radius 1 is 1.21 bits per heavy atom. The van der Waals surface area contributed by atoms with E-state index >= 15 is 0 Å². The number of allylic oxidation sites excluding steroid dienone is 1. The van der Waals surface area contributed by atoms with Crippen LogP contribution in [-0.2, 0) is 23.6 Å². The zero-order valence-corrected chi connectivity index (χ0v) is 16.8. The topological polar surface area (TPSA) is 91.6 Å². The van der Waals surface area contributed by atoms with Crippen LogP contribution in [0.4, 0.5) is 5.82 Å². The van der Waals surface area contributed by atoms with E-state index in [9.17, 15) is 14.4 Å². The molecular weight excluding hydrogens is 374 g/mol. The molecule has 0 radical (unpaired) electrons. The molecule has 2 aromatic rings. The molecule has 0 aliphatic carbocycles. The van der Waals surface area contributed by atoms with E-state index in [1.165, 1.54) is 17.7 Å². The van der Waals surface area contributed by atoms with Crippen LogP contribution < -0.4 is 21.3 Å². The van der Waals surface area contributed by atoms with Crippen LogP contribution in [0.15, 0.2) is 57.8 Å². The number of rotatable bonds is 5. The molecule has 8 nitrogen and oxygen atoms in total. The number of methoxy groups -OCH3 is 1. The first-order valence-corrected chi connectivity index (χ1v) is 9.01. The van der Waals surface area contributed by atoms with Gasteiger partial charge >= 0.3 is 11.7 Å². The Morgan fingerprint density at radius 2 is 1.86 bits per heavy atom. The molecule has 1 aromatic heterocycles. The fourth-order valence-electron chi connectivity index (χ4n) is 3.50. The first kappa shape index (κ1) is 20.2. The molecule has 1 N–H and O–H groups in total. The van der Waals surface area contributed by atoms with Crippen LogP contribution >= 0.6 is 0 Å². The highest BCUT2D eigenvalue weighted by molar-refractivity contribution is 5.94. The average molecular weight is 397 g/mol. The van der Waals surface area contributed by atoms with Crippen LogP contribution in [0, 0.1) is 0 Å². The summed E-state index contributed by atoms with van der Waals surface area (Å²) in [4.78, 5) is 38.3. The number of anilines is 1. The second-order valence-corrected chi connectivity index (χ2v) is 6.73. The first-order valence-electron chi connectivity index (χ1n) is 9.01. The fourth-order valence-corrected chi connectivity index (χ4v) is 3.50. The van der Waals surface area contributed by atoms with Crippen molar-refractivity contribution in [1.82, 2.24) is 9.13 Å². The summed E-state index contributed by atoms with van der Waals surface area (Å²) in [5.41, 5.74) is 0.888. The molecule has 0 fully saturated rings. The molecule has 3 rings (SSSR count). The summed E-state index contributed by atoms with van der Waals surface area (Å²) >= 11 is 0. The lowest BCUT2D eigenvalue weighted by molar-refractivity contribution is -0.138. The largest absolute Gasteiger partial charge is 0.497 e. The number of carbonyl (C=O) groups excluding carboxylic acids is 1. The lowest BCUT2D eigenvalue weighted by atomic mass is 9.82. The second kappa shape index (κ2) is 7.83. The van der Waals surface area contributed by atoms with Gasteiger partial charge in [-0.1, -0.05) is 24.8 Å². The molecule has 0 amide bonds. The number of hydrogen-bond donors (Lipinski definition) is 1. The first-order chi connectivity index (χ1) is 13.8. The third-order valence-electron chi connectivity index (χ3n) is 4.99. The van der Waals surface area contributed by atoms with Crippen molar-refractivity contribution in [1.29, 1.82) is 0 Å². The highest BCUT2D eigenvalue weighted by Gasteiger charge is 2.37. The smallest absolute Gasteiger partial charge is 0.337 e. The predicted octanol–water partition coefficient (Wildman–Crippen LogP) is 1.65. The van der Waals surface area contributed by atoms with Crippen LogP contribution in [-0.4, -0.2) is 28.8 Å². The van der Waals surface area contributed by atoms with E-state index in [4.69, 9.17) is 9.47 Å². The van der Waals surface area contributed by atoms with Gasteiger partial charge in [-0.05, 0) is 24.6 Å². The Kier molecular flexibility index (Phi) is 5.45. The maximum Gasteiger partial charge on any atom is 0.337 e. The molecular formula is C21H23N3O5. The highest BCUT2D eigenvalue weighted by atomic mass is 16.5. The number of hydrogen-bond acceptors (Lipinski definition) is 6. The lowest BCUT2D eigenvalue weighted by Gasteiger charge is -2.30. The standard InChI is InChI=1S/C21H23N3O5/c1-6-11-29-20(26)15-12(2)22-18-17(19(25)24(4)21(27)23(18)3)16(15)13-7-9-14(28-5)10-8-13/h6-10,16,22H,1,11H2,2-5H3. The Balaban J connectivity index is 2.31. The molecule has 1 aliphatic heterocycles. The number of nitrogens with zero attached hydrogens (tertiary/aromatic N) is 2. The van der Waals surface area contributed by atoms with Gasteiger partial charge in [-0.25, -0.2) is 9.59 Å². The number of nitrogens with one attached hydrogen (secondary N) is 1. The van der Waals surface area contributed by atoms with Gasteiger partial charge in [0.25, 0.3) is 5.56 Å². The molecule has 1 aromatic carbocycles. The minimum Gasteiger partial charge on any atom is -0.497 e. The van der Waals surface area contributed by atoms with E-state index in [2.05, 4.69) is 11.9 Å². The fraction of sp³-hybridized carbons (Fsp3) is 0.286. The summed E-state index contributed by atoms with van der Waals surface area (Å²) in [5, 5.41) is 3.04. The van der Waals surface area contributed by atoms with Gasteiger partial charge in [-0.2, -0.15) is 0 Å². The number of esters is 1. The van der Waals surface area contributed by atoms with Gasteiger partial charge in [0.05, 0.1) is 24.2 Å². The summed E-state index contributed by atoms with van der Waals surface area (Å²) in [6, 6.07) is 7.09. The third kappa shape index (κ3) is 3.37. The van der Waals surface area contributed by atoms with Gasteiger partial charge in [0.1, 0.15) is 18.2 Å². The maximum absolute atomic E-state index is 13.1. The maximum atomic E-state index is 13.1. The number of ether oxygens (including phenoxy) is 2. The van der Waals surface area contributed by atoms with E-state index in [-0.39, 0.29) is 6.61 Å². The molecule has 1 unspecified atom stereocenters. The van der Waals surface area contributed by atoms with E-state index in [1.807, 2.05) is 0 Å². The van der Waals surface area contributed by atoms with Crippen molar-refractivity contribution in [2.24, 2.45) is 14.1 Å². The summed E-state index contributed by atoms with van der Waals surface area (Å²) in [5.74, 6) is -0.262. The molecule has 0 saturated carbocycles. The van der Waals surface area contributed by atoms with Crippen molar-refractivity contribution >= 4 is 11.8 Å². The van der Waals surface area contributed by atoms with Crippen LogP contribution in [0.3, 0.4) is 0 Å². The van der Waals surface area contributed by atoms with Crippen LogP contribution in [0.5, 0.6) is 5.75 Å². The van der Waals surface area contributed by atoms with Gasteiger partial charge in [0, 0.05) is 19.8 Å². The molecule has 0 saturated heterocycles. The van der Waals surface area contributed by atoms with Crippen molar-refractivity contribution in [3.8, 4) is 5.75 Å². The van der Waals surface area contributed by atoms with E-state index in [0.29, 0.717) is 34.0 Å². The van der Waals surface area contributed by atoms with Crippen molar-refractivity contribution in [2.75, 3.05) is 19.0 Å². The van der Waals surface area contributed by atoms with Crippen molar-refractivity contribution in [2.45, 2.75) is 12.8 Å². The Labute approximate surface area is 167 Å². The molecule has 2 heterocycles. The Hall–Kier alpha value is -3.55. The Bertz CT molecular complexity index is 1120. The third-order valence-corrected chi connectivity index (χ3v) is 4.99. The summed E-state index contributed by atoms with van der Waals surface area (Å²) in [7, 11) is 4.55. The second-order valence-electron chi connectivity index (χ2n) is 6.73. The zero-order chi connectivity index (χ0) is 21.3. The molecule has 0 spiro atoms. The number of carbonyl (C=O) groups is 1. The molecule has 1 atom stereocenters. The summed E-state index contributed by atoms with van der Waals surface area (Å²) in [6.45, 7) is 5.32. The molecule has 29 heavy (non-hydrogen) atoms. The van der Waals surface area contributed by atoms with E-state index in [0.717, 1.165) is 4.57 Å². The van der Waals surface area contributed by atoms with Crippen molar-refractivity contribution in [3.63, 3.8) is 0 Å². The van der Waals surface area contributed by atoms with Gasteiger partial charge in [0.2, 0.25) is 0 Å². The zero-order valence-electron chi connectivity index (χ0n) is 16.8. The minimum absolute atomic E-state index is 0.0447. The lowest BCUT2D eigenvalue weighted by Crippen LogP contribution is -2.43. The quantitative estimate of drug-likeness (QED) is 0.609. The van der Waals surface area contributed by atoms with Gasteiger partial charge in [-0.3, -0.25) is 13.9 Å². The normalized spacial score (nSPS) is 15.4. The minimum atomic E-state index is -0.708. The van der Waals surface area contributed by atoms with Gasteiger partial charge in [0.15, 0.2) is 0 Å². The van der Waals surface area contributed by atoms with Gasteiger partial charge < -0.3 is 14.8 Å². The molecule has 1 aliphatic rings. The highest BCUT2D eigenvalue weighted by Crippen LogP contribution is 2.40. The number of benzene rings is 1. The van der Waals surface area contributed by atoms with Crippen molar-refractivity contribution < 1.29 is 14.3 Å². The summed E-state index contributed by atoms with van der Waals surface area (Å²) in [6.07, 6.45) is 1.48. The van der Waals surface area contributed by atoms with Crippen molar-refractivity contribution in [3.05, 3.63) is 80.2 Å². The average Bonchev–Trinajstić information content (AvgIpc) is 2.73. The predicted molar refractivity (Wildman–Crippen MR) is 109 cm³/mol. The van der Waals surface area contributed by atoms with Gasteiger partial charge in [-0.15, -0.1) is 0 Å². The van der Waals surface area contributed by atoms with E-state index in [1.54, 1.807) is 45.3 Å². The molecule has 152 valence electrons. The number of fused-ring (bicyclic) bond motifs is 1. The monoisotopic (exact) mass is 397 g/mol. The Morgan fingerprint density at radius 3 is 2.45 bits per heavy atom. The molecule has 8 heteroatoms. The van der Waals surface area contributed by atoms with Crippen LogP contribution in [0.1, 0.15) is 24.0 Å². The SMILES string of the molecule is C=CCOC(=O)C1=C(C)Nc2c(c(=O)n(C)c(=O)n2C)C1c1ccc(OC)cc1. The van der Waals surface area contributed by atoms with E-state index < -0.39 is 23.1 Å². The summed E-state index contributed by atoms with van der Waals surface area (Å²) < 4.78 is 12.9. The molecule has 0 bridgehead atoms. The number of aromatic nitrogens is 2. The van der Waals surface area contributed by atoms with Crippen LogP contribution in [0.2, 0.25) is 0 Å².